The van der Waals surface area contributed by atoms with Crippen LogP contribution in [0.15, 0.2) is 48.5 Å². The lowest BCUT2D eigenvalue weighted by Crippen LogP contribution is -3.00. The number of halogens is 1. The minimum Gasteiger partial charge on any atom is -1.00 e. The molecule has 4 nitrogen and oxygen atoms in total. The molecular weight excluding hydrogens is 523 g/mol. The first-order chi connectivity index (χ1) is 15.5. The average molecular weight is 559 g/mol. The second-order valence-electron chi connectivity index (χ2n) is 10.5. The number of fused-ring (bicyclic) bond motifs is 3. The van der Waals surface area contributed by atoms with Crippen LogP contribution in [-0.4, -0.2) is 38.0 Å². The highest BCUT2D eigenvalue weighted by Crippen LogP contribution is 2.50. The van der Waals surface area contributed by atoms with E-state index in [4.69, 9.17) is 9.47 Å². The van der Waals surface area contributed by atoms with Gasteiger partial charge in [0, 0.05) is 18.3 Å². The van der Waals surface area contributed by atoms with Crippen LogP contribution in [0.4, 0.5) is 0 Å². The van der Waals surface area contributed by atoms with Gasteiger partial charge in [-0.25, -0.2) is 0 Å². The van der Waals surface area contributed by atoms with Gasteiger partial charge in [-0.2, -0.15) is 5.26 Å². The van der Waals surface area contributed by atoms with Crippen molar-refractivity contribution >= 4 is 0 Å². The number of likely N-dealkylation sites (N-methyl/N-ethyl adjacent to an activating group) is 1. The Bertz CT molecular complexity index is 991. The summed E-state index contributed by atoms with van der Waals surface area (Å²) in [6, 6.07) is 19.7. The largest absolute Gasteiger partial charge is 1.00 e. The topological polar surface area (TPSA) is 42.2 Å². The van der Waals surface area contributed by atoms with Crippen LogP contribution in [0.5, 0.6) is 11.5 Å². The summed E-state index contributed by atoms with van der Waals surface area (Å²) in [5, 5.41) is 10.3. The summed E-state index contributed by atoms with van der Waals surface area (Å²) in [5.74, 6) is 3.89. The lowest BCUT2D eigenvalue weighted by molar-refractivity contribution is -0.920. The maximum absolute atomic E-state index is 10.3. The van der Waals surface area contributed by atoms with Crippen molar-refractivity contribution in [2.24, 2.45) is 17.8 Å². The van der Waals surface area contributed by atoms with Crippen molar-refractivity contribution < 1.29 is 37.9 Å². The molecule has 1 saturated heterocycles. The van der Waals surface area contributed by atoms with Crippen molar-refractivity contribution in [1.29, 1.82) is 5.26 Å². The Labute approximate surface area is 215 Å². The zero-order valence-corrected chi connectivity index (χ0v) is 22.0. The third-order valence-corrected chi connectivity index (χ3v) is 8.58. The predicted molar refractivity (Wildman–Crippen MR) is 125 cm³/mol. The highest BCUT2D eigenvalue weighted by molar-refractivity contribution is 5.44. The van der Waals surface area contributed by atoms with E-state index < -0.39 is 0 Å². The molecule has 0 spiro atoms. The number of benzene rings is 2. The molecular formula is C28H35IN2O2. The molecule has 5 rings (SSSR count). The van der Waals surface area contributed by atoms with Crippen LogP contribution >= 0.6 is 0 Å². The first kappa shape index (κ1) is 24.3. The van der Waals surface area contributed by atoms with E-state index in [0.29, 0.717) is 12.7 Å². The minimum absolute atomic E-state index is 0. The van der Waals surface area contributed by atoms with Crippen molar-refractivity contribution in [2.75, 3.05) is 33.5 Å². The SMILES string of the molecule is CCC(C#N)(CC1C2CCC1C[N+](C)(CCc1ccc3c(c1)OCO3)C2)c1ccccc1.[I-]. The molecule has 2 bridgehead atoms. The molecule has 2 fully saturated rings. The molecule has 5 heteroatoms. The minimum atomic E-state index is -0.347. The molecule has 0 radical (unpaired) electrons. The summed E-state index contributed by atoms with van der Waals surface area (Å²) in [4.78, 5) is 0. The fraction of sp³-hybridized carbons (Fsp3) is 0.536. The van der Waals surface area contributed by atoms with Gasteiger partial charge in [0.05, 0.1) is 38.2 Å². The Morgan fingerprint density at radius 1 is 1.03 bits per heavy atom. The molecule has 2 aliphatic heterocycles. The van der Waals surface area contributed by atoms with E-state index in [2.05, 4.69) is 62.5 Å². The van der Waals surface area contributed by atoms with E-state index in [9.17, 15) is 5.26 Å². The highest BCUT2D eigenvalue weighted by Gasteiger charge is 2.50. The van der Waals surface area contributed by atoms with Gasteiger partial charge in [0.2, 0.25) is 6.79 Å². The van der Waals surface area contributed by atoms with Gasteiger partial charge >= 0.3 is 0 Å². The monoisotopic (exact) mass is 558 g/mol. The van der Waals surface area contributed by atoms with Gasteiger partial charge in [0.15, 0.2) is 11.5 Å². The van der Waals surface area contributed by atoms with E-state index >= 15 is 0 Å². The lowest BCUT2D eigenvalue weighted by Gasteiger charge is -2.46. The zero-order chi connectivity index (χ0) is 22.2. The number of hydrogen-bond donors (Lipinski definition) is 0. The van der Waals surface area contributed by atoms with Gasteiger partial charge in [-0.1, -0.05) is 43.3 Å². The second kappa shape index (κ2) is 9.84. The summed E-state index contributed by atoms with van der Waals surface area (Å²) in [5.41, 5.74) is 2.19. The summed E-state index contributed by atoms with van der Waals surface area (Å²) in [6.45, 7) is 6.17. The fourth-order valence-electron chi connectivity index (χ4n) is 6.73. The standard InChI is InChI=1S/C28H35N2O2.HI/c1-3-28(19-29,24-7-5-4-6-8-24)16-25-22-10-11-23(25)18-30(2,17-22)14-13-21-9-12-26-27(15-21)32-20-31-26;/h4-9,12,15,22-23,25H,3,10-11,13-14,16-18,20H2,1-2H3;1H/q+1;/p-1. The first-order valence-electron chi connectivity index (χ1n) is 12.2. The molecule has 2 aromatic rings. The maximum Gasteiger partial charge on any atom is 0.231 e. The Morgan fingerprint density at radius 3 is 2.39 bits per heavy atom. The Hall–Kier alpha value is -1.78. The van der Waals surface area contributed by atoms with E-state index in [1.54, 1.807) is 0 Å². The van der Waals surface area contributed by atoms with Crippen LogP contribution in [0, 0.1) is 29.1 Å². The first-order valence-corrected chi connectivity index (χ1v) is 12.2. The van der Waals surface area contributed by atoms with Crippen LogP contribution < -0.4 is 33.5 Å². The Kier molecular flexibility index (Phi) is 7.26. The molecule has 2 aromatic carbocycles. The van der Waals surface area contributed by atoms with Crippen LogP contribution in [0.3, 0.4) is 0 Å². The fourth-order valence-corrected chi connectivity index (χ4v) is 6.73. The van der Waals surface area contributed by atoms with Gasteiger partial charge in [-0.05, 0) is 54.9 Å². The number of likely N-dealkylation sites (tertiary alicyclic amines) is 1. The molecule has 0 N–H and O–H groups in total. The van der Waals surface area contributed by atoms with Crippen molar-refractivity contribution in [3.63, 3.8) is 0 Å². The lowest BCUT2D eigenvalue weighted by atomic mass is 9.68. The quantitative estimate of drug-likeness (QED) is 0.387. The van der Waals surface area contributed by atoms with Gasteiger partial charge < -0.3 is 37.9 Å². The Morgan fingerprint density at radius 2 is 1.73 bits per heavy atom. The molecule has 1 aliphatic carbocycles. The van der Waals surface area contributed by atoms with Crippen LogP contribution in [0.2, 0.25) is 0 Å². The number of ether oxygens (including phenoxy) is 2. The van der Waals surface area contributed by atoms with Gasteiger partial charge in [-0.15, -0.1) is 0 Å². The van der Waals surface area contributed by atoms with E-state index in [1.165, 1.54) is 37.1 Å². The van der Waals surface area contributed by atoms with Gasteiger partial charge in [0.1, 0.15) is 0 Å². The normalized spacial score (nSPS) is 29.1. The van der Waals surface area contributed by atoms with E-state index in [0.717, 1.165) is 53.6 Å². The van der Waals surface area contributed by atoms with Crippen molar-refractivity contribution in [2.45, 2.75) is 44.4 Å². The number of nitriles is 1. The summed E-state index contributed by atoms with van der Waals surface area (Å²) in [6.07, 6.45) is 5.62. The van der Waals surface area contributed by atoms with Crippen molar-refractivity contribution in [3.8, 4) is 17.6 Å². The van der Waals surface area contributed by atoms with E-state index in [1.807, 2.05) is 6.07 Å². The highest BCUT2D eigenvalue weighted by atomic mass is 127. The molecule has 33 heavy (non-hydrogen) atoms. The molecule has 176 valence electrons. The van der Waals surface area contributed by atoms with Crippen LogP contribution in [0.1, 0.15) is 43.7 Å². The van der Waals surface area contributed by atoms with Crippen molar-refractivity contribution in [3.05, 3.63) is 59.7 Å². The Balaban J connectivity index is 0.00000259. The number of rotatable bonds is 7. The molecule has 3 aliphatic rings. The number of nitrogens with zero attached hydrogens (tertiary/aromatic N) is 2. The second-order valence-corrected chi connectivity index (χ2v) is 10.5. The molecule has 3 unspecified atom stereocenters. The summed E-state index contributed by atoms with van der Waals surface area (Å²) < 4.78 is 12.2. The number of piperidine rings is 1. The third-order valence-electron chi connectivity index (χ3n) is 8.58. The number of quaternary nitrogens is 1. The zero-order valence-electron chi connectivity index (χ0n) is 19.8. The molecule has 0 aromatic heterocycles. The average Bonchev–Trinajstić information content (AvgIpc) is 3.38. The van der Waals surface area contributed by atoms with Crippen LogP contribution in [0.25, 0.3) is 0 Å². The summed E-state index contributed by atoms with van der Waals surface area (Å²) >= 11 is 0. The van der Waals surface area contributed by atoms with Crippen molar-refractivity contribution in [1.82, 2.24) is 0 Å². The third kappa shape index (κ3) is 4.74. The smallest absolute Gasteiger partial charge is 0.231 e. The molecule has 1 saturated carbocycles. The van der Waals surface area contributed by atoms with E-state index in [-0.39, 0.29) is 29.4 Å². The number of hydrogen-bond acceptors (Lipinski definition) is 3. The molecule has 2 heterocycles. The molecule has 0 amide bonds. The van der Waals surface area contributed by atoms with Gasteiger partial charge in [0.25, 0.3) is 0 Å². The van der Waals surface area contributed by atoms with Gasteiger partial charge in [-0.3, -0.25) is 0 Å². The maximum atomic E-state index is 10.3. The summed E-state index contributed by atoms with van der Waals surface area (Å²) in [7, 11) is 2.45. The molecule has 3 atom stereocenters. The van der Waals surface area contributed by atoms with Crippen LogP contribution in [-0.2, 0) is 11.8 Å². The predicted octanol–water partition coefficient (Wildman–Crippen LogP) is 2.33.